The summed E-state index contributed by atoms with van der Waals surface area (Å²) in [6, 6.07) is 5.50. The third-order valence-corrected chi connectivity index (χ3v) is 3.40. The van der Waals surface area contributed by atoms with E-state index in [1.807, 2.05) is 13.0 Å². The average Bonchev–Trinajstić information content (AvgIpc) is 2.27. The lowest BCUT2D eigenvalue weighted by atomic mass is 10.00. The van der Waals surface area contributed by atoms with Gasteiger partial charge in [-0.1, -0.05) is 26.3 Å². The first-order valence-electron chi connectivity index (χ1n) is 6.51. The summed E-state index contributed by atoms with van der Waals surface area (Å²) < 4.78 is 12.9. The largest absolute Gasteiger partial charge is 0.310 e. The van der Waals surface area contributed by atoms with Gasteiger partial charge in [-0.05, 0) is 49.4 Å². The maximum atomic E-state index is 12.9. The van der Waals surface area contributed by atoms with Crippen LogP contribution in [-0.4, -0.2) is 6.04 Å². The molecule has 0 aromatic heterocycles. The van der Waals surface area contributed by atoms with E-state index >= 15 is 0 Å². The maximum absolute atomic E-state index is 12.9. The van der Waals surface area contributed by atoms with Crippen molar-refractivity contribution in [3.05, 3.63) is 35.1 Å². The molecule has 1 nitrogen and oxygen atoms in total. The van der Waals surface area contributed by atoms with Gasteiger partial charge < -0.3 is 5.32 Å². The lowest BCUT2D eigenvalue weighted by molar-refractivity contribution is 0.411. The maximum Gasteiger partial charge on any atom is 0.123 e. The summed E-state index contributed by atoms with van der Waals surface area (Å²) in [5, 5.41) is 3.50. The van der Waals surface area contributed by atoms with Crippen molar-refractivity contribution in [3.63, 3.8) is 0 Å². The van der Waals surface area contributed by atoms with E-state index in [1.54, 1.807) is 6.07 Å². The van der Waals surface area contributed by atoms with Gasteiger partial charge in [0.25, 0.3) is 0 Å². The summed E-state index contributed by atoms with van der Waals surface area (Å²) in [4.78, 5) is 0. The molecule has 0 saturated heterocycles. The molecule has 0 fully saturated rings. The van der Waals surface area contributed by atoms with Crippen LogP contribution >= 0.6 is 0 Å². The predicted octanol–water partition coefficient (Wildman–Crippen LogP) is 4.05. The third-order valence-electron chi connectivity index (χ3n) is 3.40. The van der Waals surface area contributed by atoms with Crippen molar-refractivity contribution in [3.8, 4) is 0 Å². The summed E-state index contributed by atoms with van der Waals surface area (Å²) in [6.07, 6.45) is 2.42. The number of aryl methyl sites for hydroxylation is 1. The Balaban J connectivity index is 2.44. The van der Waals surface area contributed by atoms with Gasteiger partial charge in [0.2, 0.25) is 0 Å². The molecule has 96 valence electrons. The van der Waals surface area contributed by atoms with Gasteiger partial charge >= 0.3 is 0 Å². The molecule has 0 spiro atoms. The van der Waals surface area contributed by atoms with Crippen LogP contribution in [-0.2, 0) is 6.54 Å². The van der Waals surface area contributed by atoms with Crippen molar-refractivity contribution in [2.75, 3.05) is 0 Å². The number of nitrogens with one attached hydrogen (secondary N) is 1. The quantitative estimate of drug-likeness (QED) is 0.787. The molecule has 0 amide bonds. The van der Waals surface area contributed by atoms with Crippen molar-refractivity contribution in [2.24, 2.45) is 5.92 Å². The van der Waals surface area contributed by atoms with E-state index in [2.05, 4.69) is 26.1 Å². The molecule has 0 aliphatic rings. The molecule has 0 aliphatic heterocycles. The molecule has 2 atom stereocenters. The zero-order valence-electron chi connectivity index (χ0n) is 11.4. The lowest BCUT2D eigenvalue weighted by Gasteiger charge is -2.18. The van der Waals surface area contributed by atoms with Crippen molar-refractivity contribution in [2.45, 2.75) is 53.1 Å². The van der Waals surface area contributed by atoms with Crippen LogP contribution in [0.2, 0.25) is 0 Å². The van der Waals surface area contributed by atoms with Crippen LogP contribution in [0.1, 0.15) is 44.7 Å². The minimum atomic E-state index is -0.154. The van der Waals surface area contributed by atoms with E-state index in [1.165, 1.54) is 24.5 Å². The highest BCUT2D eigenvalue weighted by atomic mass is 19.1. The zero-order chi connectivity index (χ0) is 12.8. The highest BCUT2D eigenvalue weighted by Crippen LogP contribution is 2.12. The van der Waals surface area contributed by atoms with Crippen molar-refractivity contribution in [1.82, 2.24) is 5.32 Å². The Labute approximate surface area is 104 Å². The van der Waals surface area contributed by atoms with Gasteiger partial charge in [0.1, 0.15) is 5.82 Å². The second-order valence-electron chi connectivity index (χ2n) is 5.10. The molecule has 1 aromatic rings. The first kappa shape index (κ1) is 14.2. The van der Waals surface area contributed by atoms with E-state index in [9.17, 15) is 4.39 Å². The third kappa shape index (κ3) is 4.86. The molecule has 1 rings (SSSR count). The number of benzene rings is 1. The van der Waals surface area contributed by atoms with Crippen LogP contribution in [0, 0.1) is 18.7 Å². The Morgan fingerprint density at radius 1 is 1.29 bits per heavy atom. The molecular formula is C15H24FN. The molecule has 1 aromatic carbocycles. The Morgan fingerprint density at radius 2 is 2.00 bits per heavy atom. The van der Waals surface area contributed by atoms with Gasteiger partial charge in [0, 0.05) is 12.6 Å². The van der Waals surface area contributed by atoms with Crippen LogP contribution in [0.5, 0.6) is 0 Å². The van der Waals surface area contributed by atoms with Gasteiger partial charge in [0.15, 0.2) is 0 Å². The Kier molecular flexibility index (Phi) is 5.63. The number of halogens is 1. The summed E-state index contributed by atoms with van der Waals surface area (Å²) in [5.41, 5.74) is 2.20. The molecule has 1 N–H and O–H groups in total. The van der Waals surface area contributed by atoms with Crippen LogP contribution in [0.25, 0.3) is 0 Å². The minimum Gasteiger partial charge on any atom is -0.310 e. The van der Waals surface area contributed by atoms with E-state index in [4.69, 9.17) is 0 Å². The molecular weight excluding hydrogens is 213 g/mol. The topological polar surface area (TPSA) is 12.0 Å². The number of hydrogen-bond donors (Lipinski definition) is 1. The molecule has 2 unspecified atom stereocenters. The second kappa shape index (κ2) is 6.75. The molecule has 0 aliphatic carbocycles. The highest BCUT2D eigenvalue weighted by Gasteiger charge is 2.07. The monoisotopic (exact) mass is 237 g/mol. The Bertz CT molecular complexity index is 349. The number of hydrogen-bond acceptors (Lipinski definition) is 1. The molecule has 0 bridgehead atoms. The van der Waals surface area contributed by atoms with Crippen LogP contribution in [0.4, 0.5) is 4.39 Å². The second-order valence-corrected chi connectivity index (χ2v) is 5.10. The Morgan fingerprint density at radius 3 is 2.59 bits per heavy atom. The normalized spacial score (nSPS) is 14.6. The summed E-state index contributed by atoms with van der Waals surface area (Å²) in [5.74, 6) is 0.603. The fourth-order valence-electron chi connectivity index (χ4n) is 2.00. The summed E-state index contributed by atoms with van der Waals surface area (Å²) >= 11 is 0. The first-order valence-corrected chi connectivity index (χ1v) is 6.51. The summed E-state index contributed by atoms with van der Waals surface area (Å²) in [7, 11) is 0. The fourth-order valence-corrected chi connectivity index (χ4v) is 2.00. The Hall–Kier alpha value is -0.890. The molecule has 0 radical (unpaired) electrons. The molecule has 0 heterocycles. The van der Waals surface area contributed by atoms with E-state index in [0.717, 1.165) is 18.0 Å². The summed E-state index contributed by atoms with van der Waals surface area (Å²) in [6.45, 7) is 9.50. The van der Waals surface area contributed by atoms with E-state index < -0.39 is 0 Å². The standard InChI is InChI=1S/C15H24FN/c1-5-11(2)8-13(4)17-10-14-6-7-15(16)9-12(14)3/h6-7,9,11,13,17H,5,8,10H2,1-4H3. The fraction of sp³-hybridized carbons (Fsp3) is 0.600. The van der Waals surface area contributed by atoms with Crippen LogP contribution in [0.15, 0.2) is 18.2 Å². The molecule has 0 saturated carbocycles. The molecule has 17 heavy (non-hydrogen) atoms. The van der Waals surface area contributed by atoms with Crippen molar-refractivity contribution in [1.29, 1.82) is 0 Å². The smallest absolute Gasteiger partial charge is 0.123 e. The van der Waals surface area contributed by atoms with E-state index in [-0.39, 0.29) is 5.82 Å². The first-order chi connectivity index (χ1) is 8.02. The lowest BCUT2D eigenvalue weighted by Crippen LogP contribution is -2.27. The highest BCUT2D eigenvalue weighted by molar-refractivity contribution is 5.26. The van der Waals surface area contributed by atoms with Crippen LogP contribution < -0.4 is 5.32 Å². The van der Waals surface area contributed by atoms with Crippen molar-refractivity contribution < 1.29 is 4.39 Å². The van der Waals surface area contributed by atoms with Gasteiger partial charge in [-0.15, -0.1) is 0 Å². The van der Waals surface area contributed by atoms with Crippen LogP contribution in [0.3, 0.4) is 0 Å². The number of rotatable bonds is 6. The van der Waals surface area contributed by atoms with Crippen molar-refractivity contribution >= 4 is 0 Å². The van der Waals surface area contributed by atoms with E-state index in [0.29, 0.717) is 6.04 Å². The minimum absolute atomic E-state index is 0.154. The SMILES string of the molecule is CCC(C)CC(C)NCc1ccc(F)cc1C. The predicted molar refractivity (Wildman–Crippen MR) is 71.5 cm³/mol. The van der Waals surface area contributed by atoms with Gasteiger partial charge in [-0.25, -0.2) is 4.39 Å². The van der Waals surface area contributed by atoms with Gasteiger partial charge in [-0.2, -0.15) is 0 Å². The average molecular weight is 237 g/mol. The van der Waals surface area contributed by atoms with Gasteiger partial charge in [-0.3, -0.25) is 0 Å². The van der Waals surface area contributed by atoms with Gasteiger partial charge in [0.05, 0.1) is 0 Å². The molecule has 2 heteroatoms. The zero-order valence-corrected chi connectivity index (χ0v) is 11.4.